The van der Waals surface area contributed by atoms with E-state index in [1.54, 1.807) is 20.8 Å². The molecule has 2 heterocycles. The lowest BCUT2D eigenvalue weighted by molar-refractivity contribution is -0.386. The van der Waals surface area contributed by atoms with Crippen molar-refractivity contribution >= 4 is 38.3 Å². The Morgan fingerprint density at radius 1 is 1.36 bits per heavy atom. The number of benzene rings is 1. The Kier molecular flexibility index (Phi) is 4.25. The molecule has 1 unspecified atom stereocenters. The minimum absolute atomic E-state index is 0.0601. The molecule has 0 fully saturated rings. The number of aryl methyl sites for hydroxylation is 2. The number of amides is 1. The second-order valence-electron chi connectivity index (χ2n) is 5.88. The van der Waals surface area contributed by atoms with Crippen molar-refractivity contribution in [2.45, 2.75) is 33.7 Å². The van der Waals surface area contributed by atoms with Gasteiger partial charge in [-0.3, -0.25) is 19.6 Å². The lowest BCUT2D eigenvalue weighted by Crippen LogP contribution is -2.25. The summed E-state index contributed by atoms with van der Waals surface area (Å²) in [5, 5.41) is 18.5. The van der Waals surface area contributed by atoms with Gasteiger partial charge in [0.2, 0.25) is 0 Å². The van der Waals surface area contributed by atoms with Gasteiger partial charge < -0.3 is 5.32 Å². The second kappa shape index (κ2) is 6.25. The zero-order valence-electron chi connectivity index (χ0n) is 14.2. The van der Waals surface area contributed by atoms with Crippen molar-refractivity contribution in [2.75, 3.05) is 5.32 Å². The smallest absolute Gasteiger partial charge is 0.300 e. The number of aromatic nitrogens is 3. The molecule has 0 radical (unpaired) electrons. The number of hydrogen-bond acceptors (Lipinski definition) is 6. The number of fused-ring (bicyclic) bond motifs is 1. The molecule has 3 rings (SSSR count). The van der Waals surface area contributed by atoms with Crippen molar-refractivity contribution in [3.63, 3.8) is 0 Å². The largest absolute Gasteiger partial charge is 0.312 e. The van der Waals surface area contributed by atoms with E-state index in [2.05, 4.69) is 15.4 Å². The van der Waals surface area contributed by atoms with Gasteiger partial charge in [0.1, 0.15) is 17.4 Å². The summed E-state index contributed by atoms with van der Waals surface area (Å²) in [6, 6.07) is 5.19. The number of hydrogen-bond donors (Lipinski definition) is 1. The predicted octanol–water partition coefficient (Wildman–Crippen LogP) is 3.53. The highest BCUT2D eigenvalue weighted by Crippen LogP contribution is 2.28. The third-order valence-electron chi connectivity index (χ3n) is 3.99. The molecule has 130 valence electrons. The van der Waals surface area contributed by atoms with Gasteiger partial charge in [0.25, 0.3) is 5.91 Å². The summed E-state index contributed by atoms with van der Waals surface area (Å²) < 4.78 is 2.37. The Balaban J connectivity index is 1.85. The normalized spacial score (nSPS) is 12.3. The predicted molar refractivity (Wildman–Crippen MR) is 96.1 cm³/mol. The molecule has 0 spiro atoms. The van der Waals surface area contributed by atoms with Crippen LogP contribution in [-0.2, 0) is 4.79 Å². The number of carbonyl (C=O) groups is 1. The van der Waals surface area contributed by atoms with E-state index in [1.165, 1.54) is 16.0 Å². The fourth-order valence-electron chi connectivity index (χ4n) is 2.70. The quantitative estimate of drug-likeness (QED) is 0.567. The van der Waals surface area contributed by atoms with Gasteiger partial charge in [0, 0.05) is 0 Å². The van der Waals surface area contributed by atoms with Crippen LogP contribution in [0.15, 0.2) is 18.2 Å². The van der Waals surface area contributed by atoms with Gasteiger partial charge in [-0.05, 0) is 45.4 Å². The van der Waals surface area contributed by atoms with E-state index in [0.717, 1.165) is 15.8 Å². The SMILES string of the molecule is Cc1ccc2nc(NC(=O)C(C)n3nc(C)c([N+](=O)[O-])c3C)sc2c1. The Morgan fingerprint density at radius 2 is 2.08 bits per heavy atom. The summed E-state index contributed by atoms with van der Waals surface area (Å²) >= 11 is 1.39. The molecule has 0 aliphatic rings. The van der Waals surface area contributed by atoms with Crippen molar-refractivity contribution in [1.82, 2.24) is 14.8 Å². The van der Waals surface area contributed by atoms with E-state index in [1.807, 2.05) is 25.1 Å². The van der Waals surface area contributed by atoms with Crippen molar-refractivity contribution < 1.29 is 9.72 Å². The average molecular weight is 359 g/mol. The number of nitrogens with zero attached hydrogens (tertiary/aromatic N) is 4. The van der Waals surface area contributed by atoms with Crippen molar-refractivity contribution in [3.05, 3.63) is 45.3 Å². The number of thiazole rings is 1. The summed E-state index contributed by atoms with van der Waals surface area (Å²) in [5.41, 5.74) is 2.52. The highest BCUT2D eigenvalue weighted by Gasteiger charge is 2.27. The molecule has 1 atom stereocenters. The lowest BCUT2D eigenvalue weighted by Gasteiger charge is -2.12. The van der Waals surface area contributed by atoms with E-state index in [9.17, 15) is 14.9 Å². The zero-order chi connectivity index (χ0) is 18.3. The fraction of sp³-hybridized carbons (Fsp3) is 0.312. The topological polar surface area (TPSA) is 103 Å². The minimum atomic E-state index is -0.693. The van der Waals surface area contributed by atoms with Crippen molar-refractivity contribution in [2.24, 2.45) is 0 Å². The Labute approximate surface area is 147 Å². The molecule has 2 aromatic heterocycles. The van der Waals surface area contributed by atoms with E-state index in [0.29, 0.717) is 10.8 Å². The molecule has 1 aromatic carbocycles. The van der Waals surface area contributed by atoms with Crippen molar-refractivity contribution in [1.29, 1.82) is 0 Å². The van der Waals surface area contributed by atoms with Gasteiger partial charge in [0.05, 0.1) is 15.1 Å². The zero-order valence-corrected chi connectivity index (χ0v) is 15.0. The number of rotatable bonds is 4. The second-order valence-corrected chi connectivity index (χ2v) is 6.91. The average Bonchev–Trinajstić information content (AvgIpc) is 3.05. The molecule has 9 heteroatoms. The molecular weight excluding hydrogens is 342 g/mol. The Morgan fingerprint density at radius 3 is 2.72 bits per heavy atom. The van der Waals surface area contributed by atoms with E-state index >= 15 is 0 Å². The summed E-state index contributed by atoms with van der Waals surface area (Å²) in [6.07, 6.45) is 0. The molecule has 25 heavy (non-hydrogen) atoms. The molecule has 0 aliphatic carbocycles. The number of carbonyl (C=O) groups excluding carboxylic acids is 1. The van der Waals surface area contributed by atoms with Gasteiger partial charge in [-0.15, -0.1) is 0 Å². The summed E-state index contributed by atoms with van der Waals surface area (Å²) in [5.74, 6) is -0.323. The standard InChI is InChI=1S/C16H17N5O3S/c1-8-5-6-12-13(7-8)25-16(17-12)18-15(22)11(4)20-10(3)14(21(23)24)9(2)19-20/h5-7,11H,1-4H3,(H,17,18,22). The maximum Gasteiger partial charge on any atom is 0.312 e. The molecule has 1 amide bonds. The van der Waals surface area contributed by atoms with Gasteiger partial charge in [-0.25, -0.2) is 4.98 Å². The first kappa shape index (κ1) is 17.0. The molecule has 1 N–H and O–H groups in total. The Hall–Kier alpha value is -2.81. The maximum atomic E-state index is 12.5. The van der Waals surface area contributed by atoms with Crippen LogP contribution in [0.4, 0.5) is 10.8 Å². The van der Waals surface area contributed by atoms with E-state index in [4.69, 9.17) is 0 Å². The third kappa shape index (κ3) is 3.10. The van der Waals surface area contributed by atoms with Crippen LogP contribution in [0.2, 0.25) is 0 Å². The fourth-order valence-corrected chi connectivity index (χ4v) is 3.67. The Bertz CT molecular complexity index is 991. The molecule has 0 aliphatic heterocycles. The van der Waals surface area contributed by atoms with Crippen LogP contribution >= 0.6 is 11.3 Å². The van der Waals surface area contributed by atoms with E-state index in [-0.39, 0.29) is 17.3 Å². The maximum absolute atomic E-state index is 12.5. The summed E-state index contributed by atoms with van der Waals surface area (Å²) in [4.78, 5) is 27.5. The monoisotopic (exact) mass is 359 g/mol. The van der Waals surface area contributed by atoms with Crippen molar-refractivity contribution in [3.8, 4) is 0 Å². The number of nitro groups is 1. The summed E-state index contributed by atoms with van der Waals surface area (Å²) in [6.45, 7) is 6.79. The third-order valence-corrected chi connectivity index (χ3v) is 4.92. The number of nitrogens with one attached hydrogen (secondary N) is 1. The first-order valence-corrected chi connectivity index (χ1v) is 8.47. The van der Waals surface area contributed by atoms with Gasteiger partial charge >= 0.3 is 5.69 Å². The van der Waals surface area contributed by atoms with Gasteiger partial charge in [-0.2, -0.15) is 5.10 Å². The van der Waals surface area contributed by atoms with Crippen LogP contribution in [-0.4, -0.2) is 25.6 Å². The highest BCUT2D eigenvalue weighted by molar-refractivity contribution is 7.22. The molecular formula is C16H17N5O3S. The summed E-state index contributed by atoms with van der Waals surface area (Å²) in [7, 11) is 0. The minimum Gasteiger partial charge on any atom is -0.300 e. The lowest BCUT2D eigenvalue weighted by atomic mass is 10.2. The molecule has 0 saturated heterocycles. The van der Waals surface area contributed by atoms with E-state index < -0.39 is 11.0 Å². The van der Waals surface area contributed by atoms with Crippen LogP contribution in [0.1, 0.15) is 29.9 Å². The first-order chi connectivity index (χ1) is 11.8. The molecule has 0 bridgehead atoms. The van der Waals surface area contributed by atoms with Gasteiger partial charge in [0.15, 0.2) is 5.13 Å². The number of anilines is 1. The highest BCUT2D eigenvalue weighted by atomic mass is 32.1. The van der Waals surface area contributed by atoms with Crippen LogP contribution in [0.3, 0.4) is 0 Å². The van der Waals surface area contributed by atoms with Crippen LogP contribution in [0, 0.1) is 30.9 Å². The van der Waals surface area contributed by atoms with Gasteiger partial charge in [-0.1, -0.05) is 17.4 Å². The molecule has 3 aromatic rings. The van der Waals surface area contributed by atoms with Crippen LogP contribution in [0.25, 0.3) is 10.2 Å². The molecule has 0 saturated carbocycles. The first-order valence-electron chi connectivity index (χ1n) is 7.66. The van der Waals surface area contributed by atoms with Crippen LogP contribution in [0.5, 0.6) is 0 Å². The molecule has 8 nitrogen and oxygen atoms in total. The van der Waals surface area contributed by atoms with Crippen LogP contribution < -0.4 is 5.32 Å².